The van der Waals surface area contributed by atoms with Gasteiger partial charge in [0.25, 0.3) is 0 Å². The lowest BCUT2D eigenvalue weighted by Crippen LogP contribution is -2.04. The highest BCUT2D eigenvalue weighted by Crippen LogP contribution is 2.34. The van der Waals surface area contributed by atoms with Crippen LogP contribution in [0.25, 0.3) is 0 Å². The van der Waals surface area contributed by atoms with Gasteiger partial charge in [-0.2, -0.15) is 0 Å². The lowest BCUT2D eigenvalue weighted by Gasteiger charge is -2.16. The molecule has 4 heteroatoms. The van der Waals surface area contributed by atoms with Crippen LogP contribution in [0, 0.1) is 0 Å². The standard InChI is InChI=1S/C15H18O4/c1-4-13-11(7-8-19-13)15(16)12-9-10(17-2)5-6-14(12)18-3/h5-9,15-16H,4H2,1-3H3. The van der Waals surface area contributed by atoms with Gasteiger partial charge in [-0.1, -0.05) is 6.92 Å². The highest BCUT2D eigenvalue weighted by atomic mass is 16.5. The van der Waals surface area contributed by atoms with Crippen LogP contribution in [0.5, 0.6) is 11.5 Å². The van der Waals surface area contributed by atoms with Crippen molar-refractivity contribution in [2.45, 2.75) is 19.4 Å². The van der Waals surface area contributed by atoms with E-state index in [2.05, 4.69) is 0 Å². The molecule has 0 aliphatic heterocycles. The maximum atomic E-state index is 10.5. The summed E-state index contributed by atoms with van der Waals surface area (Å²) in [6, 6.07) is 7.13. The monoisotopic (exact) mass is 262 g/mol. The van der Waals surface area contributed by atoms with Crippen molar-refractivity contribution in [1.29, 1.82) is 0 Å². The molecule has 1 N–H and O–H groups in total. The molecule has 0 bridgehead atoms. The van der Waals surface area contributed by atoms with E-state index in [-0.39, 0.29) is 0 Å². The molecular formula is C15H18O4. The van der Waals surface area contributed by atoms with Crippen LogP contribution >= 0.6 is 0 Å². The molecule has 0 fully saturated rings. The number of aliphatic hydroxyl groups excluding tert-OH is 1. The number of aliphatic hydroxyl groups is 1. The van der Waals surface area contributed by atoms with Gasteiger partial charge in [0.15, 0.2) is 0 Å². The zero-order chi connectivity index (χ0) is 13.8. The summed E-state index contributed by atoms with van der Waals surface area (Å²) in [7, 11) is 3.17. The molecule has 0 saturated heterocycles. The van der Waals surface area contributed by atoms with Crippen molar-refractivity contribution in [1.82, 2.24) is 0 Å². The van der Waals surface area contributed by atoms with Gasteiger partial charge < -0.3 is 19.0 Å². The van der Waals surface area contributed by atoms with E-state index < -0.39 is 6.10 Å². The van der Waals surface area contributed by atoms with E-state index in [1.165, 1.54) is 0 Å². The minimum absolute atomic E-state index is 0.622. The second-order valence-electron chi connectivity index (χ2n) is 4.16. The molecule has 2 rings (SSSR count). The molecule has 0 saturated carbocycles. The molecule has 0 aliphatic rings. The van der Waals surface area contributed by atoms with Crippen molar-refractivity contribution in [3.05, 3.63) is 47.4 Å². The molecule has 1 aromatic carbocycles. The van der Waals surface area contributed by atoms with E-state index in [0.717, 1.165) is 17.7 Å². The molecule has 0 spiro atoms. The van der Waals surface area contributed by atoms with E-state index in [1.807, 2.05) is 6.92 Å². The van der Waals surface area contributed by atoms with E-state index in [9.17, 15) is 5.11 Å². The Labute approximate surface area is 112 Å². The van der Waals surface area contributed by atoms with Crippen molar-refractivity contribution in [2.24, 2.45) is 0 Å². The van der Waals surface area contributed by atoms with E-state index >= 15 is 0 Å². The van der Waals surface area contributed by atoms with Crippen molar-refractivity contribution >= 4 is 0 Å². The van der Waals surface area contributed by atoms with Gasteiger partial charge in [0.05, 0.1) is 20.5 Å². The highest BCUT2D eigenvalue weighted by Gasteiger charge is 2.20. The van der Waals surface area contributed by atoms with E-state index in [1.54, 1.807) is 44.7 Å². The van der Waals surface area contributed by atoms with Crippen LogP contribution in [0.15, 0.2) is 34.9 Å². The smallest absolute Gasteiger partial charge is 0.125 e. The fourth-order valence-electron chi connectivity index (χ4n) is 2.10. The molecule has 1 atom stereocenters. The van der Waals surface area contributed by atoms with Crippen LogP contribution in [0.1, 0.15) is 29.9 Å². The molecule has 0 aliphatic carbocycles. The van der Waals surface area contributed by atoms with Gasteiger partial charge in [-0.15, -0.1) is 0 Å². The maximum absolute atomic E-state index is 10.5. The largest absolute Gasteiger partial charge is 0.497 e. The van der Waals surface area contributed by atoms with Crippen LogP contribution in [-0.4, -0.2) is 19.3 Å². The van der Waals surface area contributed by atoms with Gasteiger partial charge in [0, 0.05) is 17.5 Å². The first-order chi connectivity index (χ1) is 9.21. The number of rotatable bonds is 5. The zero-order valence-electron chi connectivity index (χ0n) is 11.3. The Hall–Kier alpha value is -1.94. The first kappa shape index (κ1) is 13.5. The van der Waals surface area contributed by atoms with Crippen LogP contribution in [0.3, 0.4) is 0 Å². The summed E-state index contributed by atoms with van der Waals surface area (Å²) in [5.41, 5.74) is 1.42. The molecule has 1 unspecified atom stereocenters. The Morgan fingerprint density at radius 1 is 1.16 bits per heavy atom. The highest BCUT2D eigenvalue weighted by molar-refractivity contribution is 5.45. The first-order valence-corrected chi connectivity index (χ1v) is 6.17. The lowest BCUT2D eigenvalue weighted by atomic mass is 10.00. The number of aryl methyl sites for hydroxylation is 1. The van der Waals surface area contributed by atoms with Crippen LogP contribution in [0.4, 0.5) is 0 Å². The summed E-state index contributed by atoms with van der Waals surface area (Å²) in [6.45, 7) is 1.98. The molecule has 4 nitrogen and oxygen atoms in total. The molecular weight excluding hydrogens is 244 g/mol. The third-order valence-corrected chi connectivity index (χ3v) is 3.13. The minimum Gasteiger partial charge on any atom is -0.497 e. The van der Waals surface area contributed by atoms with Crippen LogP contribution in [-0.2, 0) is 6.42 Å². The summed E-state index contributed by atoms with van der Waals surface area (Å²) < 4.78 is 15.8. The molecule has 102 valence electrons. The molecule has 0 radical (unpaired) electrons. The van der Waals surface area contributed by atoms with Gasteiger partial charge >= 0.3 is 0 Å². The second kappa shape index (κ2) is 5.80. The average molecular weight is 262 g/mol. The third kappa shape index (κ3) is 2.58. The molecule has 0 amide bonds. The van der Waals surface area contributed by atoms with E-state index in [4.69, 9.17) is 13.9 Å². The lowest BCUT2D eigenvalue weighted by molar-refractivity contribution is 0.211. The Bertz CT molecular complexity index is 545. The summed E-state index contributed by atoms with van der Waals surface area (Å²) in [4.78, 5) is 0. The van der Waals surface area contributed by atoms with Gasteiger partial charge in [-0.25, -0.2) is 0 Å². The van der Waals surface area contributed by atoms with Crippen molar-refractivity contribution in [3.8, 4) is 11.5 Å². The van der Waals surface area contributed by atoms with Gasteiger partial charge in [0.2, 0.25) is 0 Å². The fourth-order valence-corrected chi connectivity index (χ4v) is 2.10. The van der Waals surface area contributed by atoms with Gasteiger partial charge in [0.1, 0.15) is 23.4 Å². The molecule has 2 aromatic rings. The first-order valence-electron chi connectivity index (χ1n) is 6.17. The maximum Gasteiger partial charge on any atom is 0.125 e. The average Bonchev–Trinajstić information content (AvgIpc) is 2.94. The Morgan fingerprint density at radius 3 is 2.58 bits per heavy atom. The van der Waals surface area contributed by atoms with Crippen molar-refractivity contribution in [3.63, 3.8) is 0 Å². The number of methoxy groups -OCH3 is 2. The topological polar surface area (TPSA) is 51.8 Å². The Kier molecular flexibility index (Phi) is 4.12. The predicted molar refractivity (Wildman–Crippen MR) is 71.7 cm³/mol. The van der Waals surface area contributed by atoms with Gasteiger partial charge in [-0.05, 0) is 24.3 Å². The fraction of sp³-hybridized carbons (Fsp3) is 0.333. The van der Waals surface area contributed by atoms with E-state index in [0.29, 0.717) is 17.1 Å². The number of hydrogen-bond acceptors (Lipinski definition) is 4. The summed E-state index contributed by atoms with van der Waals surface area (Å²) in [5.74, 6) is 2.07. The number of ether oxygens (including phenoxy) is 2. The summed E-state index contributed by atoms with van der Waals surface area (Å²) in [5, 5.41) is 10.5. The van der Waals surface area contributed by atoms with Crippen molar-refractivity contribution < 1.29 is 19.0 Å². The molecule has 1 heterocycles. The third-order valence-electron chi connectivity index (χ3n) is 3.13. The number of hydrogen-bond donors (Lipinski definition) is 1. The second-order valence-corrected chi connectivity index (χ2v) is 4.16. The Morgan fingerprint density at radius 2 is 1.95 bits per heavy atom. The van der Waals surface area contributed by atoms with Crippen molar-refractivity contribution in [2.75, 3.05) is 14.2 Å². The number of furan rings is 1. The van der Waals surface area contributed by atoms with Crippen LogP contribution < -0.4 is 9.47 Å². The molecule has 1 aromatic heterocycles. The predicted octanol–water partition coefficient (Wildman–Crippen LogP) is 2.94. The summed E-state index contributed by atoms with van der Waals surface area (Å²) in [6.07, 6.45) is 1.52. The quantitative estimate of drug-likeness (QED) is 0.900. The SMILES string of the molecule is CCc1occc1C(O)c1cc(OC)ccc1OC. The Balaban J connectivity index is 2.45. The normalized spacial score (nSPS) is 12.2. The zero-order valence-corrected chi connectivity index (χ0v) is 11.3. The number of benzene rings is 1. The summed E-state index contributed by atoms with van der Waals surface area (Å²) >= 11 is 0. The van der Waals surface area contributed by atoms with Crippen LogP contribution in [0.2, 0.25) is 0 Å². The minimum atomic E-state index is -0.793. The molecule has 19 heavy (non-hydrogen) atoms. The van der Waals surface area contributed by atoms with Gasteiger partial charge in [-0.3, -0.25) is 0 Å².